The van der Waals surface area contributed by atoms with Crippen molar-refractivity contribution in [3.05, 3.63) is 5.56 Å². The minimum atomic E-state index is 0.0833. The number of hydrogen-bond acceptors (Lipinski definition) is 6. The molecule has 0 aliphatic carbocycles. The molecule has 0 radical (unpaired) electrons. The Balaban J connectivity index is 3.23. The molecule has 0 saturated carbocycles. The highest BCUT2D eigenvalue weighted by Gasteiger charge is 2.04. The van der Waals surface area contributed by atoms with Gasteiger partial charge in [-0.15, -0.1) is 0 Å². The molecule has 5 nitrogen and oxygen atoms in total. The summed E-state index contributed by atoms with van der Waals surface area (Å²) in [4.78, 5) is 7.57. The monoisotopic (exact) mass is 194 g/mol. The number of nitriles is 1. The van der Waals surface area contributed by atoms with Crippen molar-refractivity contribution in [1.82, 2.24) is 9.97 Å². The minimum absolute atomic E-state index is 0.0833. The zero-order valence-corrected chi connectivity index (χ0v) is 7.85. The highest BCUT2D eigenvalue weighted by Crippen LogP contribution is 2.15. The molecule has 68 valence electrons. The normalized spacial score (nSPS) is 9.23. The quantitative estimate of drug-likeness (QED) is 0.519. The lowest BCUT2D eigenvalue weighted by molar-refractivity contribution is 1.03. The maximum atomic E-state index is 8.74. The molecule has 1 aromatic rings. The van der Waals surface area contributed by atoms with Gasteiger partial charge >= 0.3 is 0 Å². The van der Waals surface area contributed by atoms with E-state index < -0.39 is 0 Å². The van der Waals surface area contributed by atoms with Crippen molar-refractivity contribution >= 4 is 24.4 Å². The van der Waals surface area contributed by atoms with Crippen LogP contribution in [0.4, 0.5) is 11.8 Å². The van der Waals surface area contributed by atoms with E-state index in [9.17, 15) is 0 Å². The number of nitrogens with one attached hydrogen (secondary N) is 1. The first kappa shape index (κ1) is 9.48. The molecule has 3 N–H and O–H groups in total. The summed E-state index contributed by atoms with van der Waals surface area (Å²) in [5.74, 6) is 0.488. The Morgan fingerprint density at radius 1 is 1.62 bits per heavy atom. The Morgan fingerprint density at radius 3 is 2.85 bits per heavy atom. The van der Waals surface area contributed by atoms with Crippen molar-refractivity contribution in [2.45, 2.75) is 11.9 Å². The van der Waals surface area contributed by atoms with Crippen molar-refractivity contribution in [3.8, 4) is 6.07 Å². The molecule has 0 bridgehead atoms. The minimum Gasteiger partial charge on any atom is -0.759 e. The first-order valence-electron chi connectivity index (χ1n) is 3.67. The average molecular weight is 194 g/mol. The molecular weight excluding hydrogens is 186 g/mol. The van der Waals surface area contributed by atoms with Crippen molar-refractivity contribution in [3.63, 3.8) is 0 Å². The first-order chi connectivity index (χ1) is 6.19. The van der Waals surface area contributed by atoms with Gasteiger partial charge in [0.05, 0.1) is 5.56 Å². The van der Waals surface area contributed by atoms with Crippen LogP contribution in [-0.2, 0) is 12.6 Å². The fourth-order valence-corrected chi connectivity index (χ4v) is 1.09. The van der Waals surface area contributed by atoms with Gasteiger partial charge in [-0.3, -0.25) is 0 Å². The third-order valence-electron chi connectivity index (χ3n) is 1.35. The number of nitrogen functional groups attached to an aromatic ring is 1. The second-order valence-corrected chi connectivity index (χ2v) is 2.64. The lowest BCUT2D eigenvalue weighted by Crippen LogP contribution is -2.07. The first-order valence-corrected chi connectivity index (χ1v) is 4.08. The maximum absolute atomic E-state index is 8.74. The average Bonchev–Trinajstić information content (AvgIpc) is 2.04. The number of nitrogens with two attached hydrogens (primary N) is 1. The molecule has 0 aliphatic heterocycles. The Kier molecular flexibility index (Phi) is 2.82. The zero-order chi connectivity index (χ0) is 9.84. The lowest BCUT2D eigenvalue weighted by Gasteiger charge is -2.12. The van der Waals surface area contributed by atoms with Gasteiger partial charge in [-0.2, -0.15) is 10.2 Å². The molecule has 0 saturated heterocycles. The molecule has 6 heteroatoms. The molecule has 0 unspecified atom stereocenters. The molecule has 1 aromatic heterocycles. The molecular formula is C7H8N5S-. The topological polar surface area (TPSA) is 87.6 Å². The van der Waals surface area contributed by atoms with Gasteiger partial charge in [-0.05, 0) is 6.92 Å². The molecule has 1 heterocycles. The Labute approximate surface area is 81.4 Å². The molecule has 0 spiro atoms. The molecule has 0 aromatic carbocycles. The van der Waals surface area contributed by atoms with Gasteiger partial charge in [0, 0.05) is 6.54 Å². The van der Waals surface area contributed by atoms with Crippen LogP contribution in [-0.4, -0.2) is 16.5 Å². The van der Waals surface area contributed by atoms with Gasteiger partial charge in [0.1, 0.15) is 11.9 Å². The molecule has 0 amide bonds. The van der Waals surface area contributed by atoms with Crippen LogP contribution < -0.4 is 11.1 Å². The number of aromatic nitrogens is 2. The summed E-state index contributed by atoms with van der Waals surface area (Å²) in [6, 6.07) is 1.93. The highest BCUT2D eigenvalue weighted by atomic mass is 32.1. The summed E-state index contributed by atoms with van der Waals surface area (Å²) >= 11 is 4.85. The highest BCUT2D eigenvalue weighted by molar-refractivity contribution is 7.58. The third-order valence-corrected chi connectivity index (χ3v) is 1.64. The largest absolute Gasteiger partial charge is 0.759 e. The summed E-state index contributed by atoms with van der Waals surface area (Å²) in [6.07, 6.45) is 0. The van der Waals surface area contributed by atoms with Crippen LogP contribution in [0.1, 0.15) is 12.5 Å². The Morgan fingerprint density at radius 2 is 2.31 bits per heavy atom. The summed E-state index contributed by atoms with van der Waals surface area (Å²) in [7, 11) is 0. The van der Waals surface area contributed by atoms with Gasteiger partial charge < -0.3 is 23.7 Å². The summed E-state index contributed by atoms with van der Waals surface area (Å²) in [5, 5.41) is 11.8. The zero-order valence-electron chi connectivity index (χ0n) is 7.03. The lowest BCUT2D eigenvalue weighted by atomic mass is 10.3. The Hall–Kier alpha value is -1.61. The Bertz CT molecular complexity index is 357. The molecule has 13 heavy (non-hydrogen) atoms. The van der Waals surface area contributed by atoms with Gasteiger partial charge in [0.25, 0.3) is 0 Å². The van der Waals surface area contributed by atoms with E-state index in [4.69, 9.17) is 23.6 Å². The van der Waals surface area contributed by atoms with E-state index >= 15 is 0 Å². The van der Waals surface area contributed by atoms with Crippen LogP contribution in [0.3, 0.4) is 0 Å². The van der Waals surface area contributed by atoms with E-state index in [0.717, 1.165) is 0 Å². The van der Waals surface area contributed by atoms with Crippen LogP contribution in [0.25, 0.3) is 0 Å². The number of nitrogens with zero attached hydrogens (tertiary/aromatic N) is 3. The standard InChI is InChI=1S/C7H9N5S/c1-2-10-5-4(3-8)6(13)12-7(9)11-5/h2H2,1H3,(H4,9,10,11,12,13)/p-1. The predicted molar refractivity (Wildman–Crippen MR) is 51.0 cm³/mol. The van der Waals surface area contributed by atoms with Crippen LogP contribution in [0, 0.1) is 11.3 Å². The van der Waals surface area contributed by atoms with E-state index in [0.29, 0.717) is 12.4 Å². The number of rotatable bonds is 2. The molecule has 0 aliphatic rings. The van der Waals surface area contributed by atoms with Crippen LogP contribution in [0.15, 0.2) is 5.03 Å². The smallest absolute Gasteiger partial charge is 0.220 e. The van der Waals surface area contributed by atoms with Crippen LogP contribution in [0.5, 0.6) is 0 Å². The van der Waals surface area contributed by atoms with Gasteiger partial charge in [0.15, 0.2) is 0 Å². The number of hydrogen-bond donors (Lipinski definition) is 2. The van der Waals surface area contributed by atoms with Crippen LogP contribution >= 0.6 is 0 Å². The van der Waals surface area contributed by atoms with Crippen molar-refractivity contribution in [1.29, 1.82) is 5.26 Å². The summed E-state index contributed by atoms with van der Waals surface area (Å²) in [6.45, 7) is 2.54. The van der Waals surface area contributed by atoms with Crippen LogP contribution in [0.2, 0.25) is 0 Å². The molecule has 0 fully saturated rings. The summed E-state index contributed by atoms with van der Waals surface area (Å²) in [5.41, 5.74) is 5.64. The van der Waals surface area contributed by atoms with Crippen molar-refractivity contribution in [2.24, 2.45) is 0 Å². The molecule has 1 rings (SSSR count). The third kappa shape index (κ3) is 1.95. The van der Waals surface area contributed by atoms with Gasteiger partial charge in [-0.25, -0.2) is 4.98 Å². The van der Waals surface area contributed by atoms with E-state index in [1.54, 1.807) is 0 Å². The molecule has 0 atom stereocenters. The van der Waals surface area contributed by atoms with E-state index in [-0.39, 0.29) is 16.5 Å². The van der Waals surface area contributed by atoms with Gasteiger partial charge in [0.2, 0.25) is 5.95 Å². The van der Waals surface area contributed by atoms with Crippen molar-refractivity contribution in [2.75, 3.05) is 17.6 Å². The van der Waals surface area contributed by atoms with Gasteiger partial charge in [-0.1, -0.05) is 5.03 Å². The number of anilines is 2. The SMILES string of the molecule is CCNc1nc(N)nc([S-])c1C#N. The fourth-order valence-electron chi connectivity index (χ4n) is 0.853. The van der Waals surface area contributed by atoms with E-state index in [1.807, 2.05) is 13.0 Å². The second-order valence-electron chi connectivity index (χ2n) is 2.25. The van der Waals surface area contributed by atoms with E-state index in [2.05, 4.69) is 15.3 Å². The van der Waals surface area contributed by atoms with Crippen molar-refractivity contribution < 1.29 is 0 Å². The predicted octanol–water partition coefficient (Wildman–Crippen LogP) is 0.268. The second kappa shape index (κ2) is 3.87. The fraction of sp³-hybridized carbons (Fsp3) is 0.286. The maximum Gasteiger partial charge on any atom is 0.220 e. The summed E-state index contributed by atoms with van der Waals surface area (Å²) < 4.78 is 0. The van der Waals surface area contributed by atoms with E-state index in [1.165, 1.54) is 0 Å².